The summed E-state index contributed by atoms with van der Waals surface area (Å²) in [7, 11) is 1.53. The smallest absolute Gasteiger partial charge is 0.261 e. The van der Waals surface area contributed by atoms with E-state index in [0.717, 1.165) is 0 Å². The van der Waals surface area contributed by atoms with Gasteiger partial charge in [0.2, 0.25) is 0 Å². The first-order chi connectivity index (χ1) is 6.95. The van der Waals surface area contributed by atoms with E-state index in [4.69, 9.17) is 21.8 Å². The summed E-state index contributed by atoms with van der Waals surface area (Å²) in [5.41, 5.74) is 0.527. The second-order valence-electron chi connectivity index (χ2n) is 2.86. The van der Waals surface area contributed by atoms with Crippen molar-refractivity contribution in [2.75, 3.05) is 6.61 Å². The molecule has 0 atom stereocenters. The van der Waals surface area contributed by atoms with E-state index in [9.17, 15) is 8.42 Å². The maximum absolute atomic E-state index is 11.1. The van der Waals surface area contributed by atoms with Crippen LogP contribution in [0.2, 0.25) is 0 Å². The zero-order chi connectivity index (χ0) is 11.5. The van der Waals surface area contributed by atoms with Gasteiger partial charge in [-0.2, -0.15) is 0 Å². The van der Waals surface area contributed by atoms with Gasteiger partial charge in [-0.1, -0.05) is 5.92 Å². The summed E-state index contributed by atoms with van der Waals surface area (Å²) in [6.07, 6.45) is 5.02. The normalized spacial score (nSPS) is 10.7. The van der Waals surface area contributed by atoms with Gasteiger partial charge in [-0.25, -0.2) is 8.42 Å². The van der Waals surface area contributed by atoms with Crippen LogP contribution in [0.5, 0.6) is 5.75 Å². The number of hydrogen-bond acceptors (Lipinski definition) is 3. The highest BCUT2D eigenvalue weighted by molar-refractivity contribution is 8.13. The molecule has 0 spiro atoms. The molecule has 15 heavy (non-hydrogen) atoms. The molecule has 0 aromatic heterocycles. The quantitative estimate of drug-likeness (QED) is 0.603. The number of aryl methyl sites for hydroxylation is 1. The number of benzene rings is 1. The van der Waals surface area contributed by atoms with Crippen LogP contribution in [0.1, 0.15) is 5.56 Å². The summed E-state index contributed by atoms with van der Waals surface area (Å²) in [6.45, 7) is 1.78. The third kappa shape index (κ3) is 3.15. The van der Waals surface area contributed by atoms with Crippen LogP contribution >= 0.6 is 10.7 Å². The summed E-state index contributed by atoms with van der Waals surface area (Å²) in [6, 6.07) is 4.48. The molecule has 0 N–H and O–H groups in total. The van der Waals surface area contributed by atoms with Crippen molar-refractivity contribution in [3.8, 4) is 18.1 Å². The first kappa shape index (κ1) is 11.9. The minimum atomic E-state index is -3.69. The van der Waals surface area contributed by atoms with E-state index in [1.807, 2.05) is 0 Å². The Labute approximate surface area is 93.4 Å². The van der Waals surface area contributed by atoms with Crippen molar-refractivity contribution in [3.63, 3.8) is 0 Å². The van der Waals surface area contributed by atoms with Crippen molar-refractivity contribution >= 4 is 19.7 Å². The molecule has 80 valence electrons. The SMILES string of the molecule is C#CCOc1ccc(S(=O)(=O)Cl)c(C)c1. The fraction of sp³-hybridized carbons (Fsp3) is 0.200. The average molecular weight is 245 g/mol. The van der Waals surface area contributed by atoms with Crippen LogP contribution in [0.4, 0.5) is 0 Å². The zero-order valence-electron chi connectivity index (χ0n) is 8.03. The van der Waals surface area contributed by atoms with Crippen molar-refractivity contribution in [3.05, 3.63) is 23.8 Å². The maximum Gasteiger partial charge on any atom is 0.261 e. The van der Waals surface area contributed by atoms with Crippen molar-refractivity contribution in [1.29, 1.82) is 0 Å². The van der Waals surface area contributed by atoms with Gasteiger partial charge < -0.3 is 4.74 Å². The predicted octanol–water partition coefficient (Wildman–Crippen LogP) is 1.93. The molecule has 0 aliphatic heterocycles. The lowest BCUT2D eigenvalue weighted by Crippen LogP contribution is -1.97. The highest BCUT2D eigenvalue weighted by atomic mass is 35.7. The molecular weight excluding hydrogens is 236 g/mol. The third-order valence-corrected chi connectivity index (χ3v) is 3.21. The van der Waals surface area contributed by atoms with Crippen LogP contribution in [0.15, 0.2) is 23.1 Å². The Bertz CT molecular complexity index is 500. The molecule has 0 bridgehead atoms. The molecule has 0 fully saturated rings. The first-order valence-corrected chi connectivity index (χ1v) is 6.37. The molecule has 1 rings (SSSR count). The summed E-state index contributed by atoms with van der Waals surface area (Å²) in [4.78, 5) is 0.0808. The van der Waals surface area contributed by atoms with E-state index < -0.39 is 9.05 Å². The number of terminal acetylenes is 1. The lowest BCUT2D eigenvalue weighted by atomic mass is 10.2. The summed E-state index contributed by atoms with van der Waals surface area (Å²) in [5.74, 6) is 2.84. The van der Waals surface area contributed by atoms with E-state index in [1.165, 1.54) is 12.1 Å². The number of ether oxygens (including phenoxy) is 1. The second kappa shape index (κ2) is 4.56. The van der Waals surface area contributed by atoms with Crippen LogP contribution in [-0.2, 0) is 9.05 Å². The Hall–Kier alpha value is -1.18. The van der Waals surface area contributed by atoms with Crippen LogP contribution in [0.25, 0.3) is 0 Å². The Morgan fingerprint density at radius 2 is 2.20 bits per heavy atom. The van der Waals surface area contributed by atoms with Gasteiger partial charge in [0.25, 0.3) is 9.05 Å². The summed E-state index contributed by atoms with van der Waals surface area (Å²) in [5, 5.41) is 0. The van der Waals surface area contributed by atoms with Gasteiger partial charge in [-0.3, -0.25) is 0 Å². The molecule has 0 radical (unpaired) electrons. The van der Waals surface area contributed by atoms with Crippen LogP contribution < -0.4 is 4.74 Å². The molecule has 1 aromatic carbocycles. The van der Waals surface area contributed by atoms with E-state index in [2.05, 4.69) is 5.92 Å². The molecule has 5 heteroatoms. The standard InChI is InChI=1S/C10H9ClO3S/c1-3-6-14-9-4-5-10(8(2)7-9)15(11,12)13/h1,4-5,7H,6H2,2H3. The number of hydrogen-bond donors (Lipinski definition) is 0. The minimum absolute atomic E-state index is 0.0808. The van der Waals surface area contributed by atoms with Crippen molar-refractivity contribution in [2.45, 2.75) is 11.8 Å². The fourth-order valence-electron chi connectivity index (χ4n) is 1.11. The Kier molecular flexibility index (Phi) is 3.61. The molecular formula is C10H9ClO3S. The van der Waals surface area contributed by atoms with Gasteiger partial charge in [0.05, 0.1) is 4.90 Å². The topological polar surface area (TPSA) is 43.4 Å². The molecule has 0 aliphatic carbocycles. The highest BCUT2D eigenvalue weighted by Crippen LogP contribution is 2.23. The van der Waals surface area contributed by atoms with Gasteiger partial charge in [0.1, 0.15) is 12.4 Å². The van der Waals surface area contributed by atoms with Crippen LogP contribution in [0.3, 0.4) is 0 Å². The van der Waals surface area contributed by atoms with Crippen LogP contribution in [-0.4, -0.2) is 15.0 Å². The van der Waals surface area contributed by atoms with Gasteiger partial charge in [0.15, 0.2) is 0 Å². The van der Waals surface area contributed by atoms with E-state index in [0.29, 0.717) is 11.3 Å². The minimum Gasteiger partial charge on any atom is -0.481 e. The number of halogens is 1. The molecule has 0 saturated carbocycles. The van der Waals surface area contributed by atoms with E-state index in [1.54, 1.807) is 13.0 Å². The highest BCUT2D eigenvalue weighted by Gasteiger charge is 2.13. The van der Waals surface area contributed by atoms with E-state index in [-0.39, 0.29) is 11.5 Å². The molecule has 0 aliphatic rings. The zero-order valence-corrected chi connectivity index (χ0v) is 9.60. The molecule has 3 nitrogen and oxygen atoms in total. The monoisotopic (exact) mass is 244 g/mol. The first-order valence-electron chi connectivity index (χ1n) is 4.06. The number of rotatable bonds is 3. The van der Waals surface area contributed by atoms with Gasteiger partial charge >= 0.3 is 0 Å². The van der Waals surface area contributed by atoms with Crippen molar-refractivity contribution < 1.29 is 13.2 Å². The predicted molar refractivity (Wildman–Crippen MR) is 58.5 cm³/mol. The Morgan fingerprint density at radius 3 is 2.67 bits per heavy atom. The van der Waals surface area contributed by atoms with Gasteiger partial charge in [-0.15, -0.1) is 6.42 Å². The third-order valence-electron chi connectivity index (χ3n) is 1.73. The molecule has 0 saturated heterocycles. The van der Waals surface area contributed by atoms with Gasteiger partial charge in [0, 0.05) is 10.7 Å². The maximum atomic E-state index is 11.1. The Balaban J connectivity index is 3.05. The van der Waals surface area contributed by atoms with Gasteiger partial charge in [-0.05, 0) is 30.7 Å². The fourth-order valence-corrected chi connectivity index (χ4v) is 2.30. The average Bonchev–Trinajstić information content (AvgIpc) is 2.12. The summed E-state index contributed by atoms with van der Waals surface area (Å²) < 4.78 is 27.3. The van der Waals surface area contributed by atoms with Crippen molar-refractivity contribution in [1.82, 2.24) is 0 Å². The molecule has 1 aromatic rings. The van der Waals surface area contributed by atoms with E-state index >= 15 is 0 Å². The summed E-state index contributed by atoms with van der Waals surface area (Å²) >= 11 is 0. The largest absolute Gasteiger partial charge is 0.481 e. The lowest BCUT2D eigenvalue weighted by molar-refractivity contribution is 0.370. The van der Waals surface area contributed by atoms with Crippen LogP contribution in [0, 0.1) is 19.3 Å². The molecule has 0 heterocycles. The van der Waals surface area contributed by atoms with Crippen molar-refractivity contribution in [2.24, 2.45) is 0 Å². The second-order valence-corrected chi connectivity index (χ2v) is 5.39. The molecule has 0 unspecified atom stereocenters. The Morgan fingerprint density at radius 1 is 1.53 bits per heavy atom. The molecule has 0 amide bonds. The lowest BCUT2D eigenvalue weighted by Gasteiger charge is -2.05.